The fourth-order valence-electron chi connectivity index (χ4n) is 1.85. The molecule has 0 spiro atoms. The van der Waals surface area contributed by atoms with Gasteiger partial charge in [-0.1, -0.05) is 64.0 Å². The predicted molar refractivity (Wildman–Crippen MR) is 77.9 cm³/mol. The standard InChI is InChI=1S/C16H17Br/c1-11-4-7-14(8-5-11)16(17)15-9-6-12(2)13(3)10-15/h4-10,16H,1-3H3. The fraction of sp³-hybridized carbons (Fsp3) is 0.250. The molecule has 2 rings (SSSR count). The molecule has 0 heterocycles. The third kappa shape index (κ3) is 2.78. The van der Waals surface area contributed by atoms with E-state index in [9.17, 15) is 0 Å². The maximum absolute atomic E-state index is 3.78. The minimum atomic E-state index is 0.280. The molecule has 0 N–H and O–H groups in total. The maximum Gasteiger partial charge on any atom is 0.0644 e. The third-order valence-corrected chi connectivity index (χ3v) is 4.25. The second-order valence-corrected chi connectivity index (χ2v) is 5.53. The van der Waals surface area contributed by atoms with Crippen LogP contribution in [0, 0.1) is 20.8 Å². The van der Waals surface area contributed by atoms with Gasteiger partial charge in [-0.05, 0) is 43.0 Å². The number of aryl methyl sites for hydroxylation is 3. The van der Waals surface area contributed by atoms with Crippen molar-refractivity contribution in [2.24, 2.45) is 0 Å². The lowest BCUT2D eigenvalue weighted by atomic mass is 10.00. The van der Waals surface area contributed by atoms with Crippen molar-refractivity contribution in [2.45, 2.75) is 25.6 Å². The van der Waals surface area contributed by atoms with Crippen LogP contribution in [0.25, 0.3) is 0 Å². The summed E-state index contributed by atoms with van der Waals surface area (Å²) >= 11 is 3.78. The van der Waals surface area contributed by atoms with E-state index in [0.717, 1.165) is 0 Å². The number of hydrogen-bond donors (Lipinski definition) is 0. The maximum atomic E-state index is 3.78. The second-order valence-electron chi connectivity index (χ2n) is 4.62. The molecule has 0 aliphatic carbocycles. The zero-order chi connectivity index (χ0) is 12.4. The van der Waals surface area contributed by atoms with Gasteiger partial charge in [-0.2, -0.15) is 0 Å². The van der Waals surface area contributed by atoms with E-state index in [1.54, 1.807) is 0 Å². The van der Waals surface area contributed by atoms with Crippen molar-refractivity contribution < 1.29 is 0 Å². The van der Waals surface area contributed by atoms with Crippen molar-refractivity contribution >= 4 is 15.9 Å². The molecule has 1 unspecified atom stereocenters. The van der Waals surface area contributed by atoms with Crippen molar-refractivity contribution in [3.05, 3.63) is 70.3 Å². The Morgan fingerprint density at radius 3 is 1.94 bits per heavy atom. The SMILES string of the molecule is Cc1ccc(C(Br)c2ccc(C)c(C)c2)cc1. The summed E-state index contributed by atoms with van der Waals surface area (Å²) in [7, 11) is 0. The van der Waals surface area contributed by atoms with Gasteiger partial charge in [0.25, 0.3) is 0 Å². The number of hydrogen-bond acceptors (Lipinski definition) is 0. The molecule has 2 aromatic carbocycles. The van der Waals surface area contributed by atoms with Crippen LogP contribution < -0.4 is 0 Å². The average Bonchev–Trinajstić information content (AvgIpc) is 2.33. The number of halogens is 1. The van der Waals surface area contributed by atoms with Crippen LogP contribution in [0.15, 0.2) is 42.5 Å². The number of benzene rings is 2. The topological polar surface area (TPSA) is 0 Å². The van der Waals surface area contributed by atoms with Crippen molar-refractivity contribution in [2.75, 3.05) is 0 Å². The molecule has 0 bridgehead atoms. The first-order chi connectivity index (χ1) is 8.08. The molecule has 0 saturated heterocycles. The molecule has 0 aliphatic heterocycles. The molecule has 0 aliphatic rings. The minimum absolute atomic E-state index is 0.280. The highest BCUT2D eigenvalue weighted by Gasteiger charge is 2.10. The summed E-state index contributed by atoms with van der Waals surface area (Å²) in [4.78, 5) is 0.280. The molecule has 0 nitrogen and oxygen atoms in total. The van der Waals surface area contributed by atoms with Crippen LogP contribution in [0.5, 0.6) is 0 Å². The van der Waals surface area contributed by atoms with Crippen LogP contribution in [0.4, 0.5) is 0 Å². The Hall–Kier alpha value is -1.08. The van der Waals surface area contributed by atoms with Gasteiger partial charge in [-0.3, -0.25) is 0 Å². The van der Waals surface area contributed by atoms with Crippen LogP contribution in [0.1, 0.15) is 32.6 Å². The highest BCUT2D eigenvalue weighted by atomic mass is 79.9. The van der Waals surface area contributed by atoms with Gasteiger partial charge in [-0.25, -0.2) is 0 Å². The Morgan fingerprint density at radius 1 is 0.765 bits per heavy atom. The molecule has 17 heavy (non-hydrogen) atoms. The van der Waals surface area contributed by atoms with Gasteiger partial charge in [0.1, 0.15) is 0 Å². The summed E-state index contributed by atoms with van der Waals surface area (Å²) in [6.07, 6.45) is 0. The van der Waals surface area contributed by atoms with E-state index < -0.39 is 0 Å². The normalized spacial score (nSPS) is 12.5. The number of rotatable bonds is 2. The largest absolute Gasteiger partial charge is 0.0786 e. The van der Waals surface area contributed by atoms with Crippen molar-refractivity contribution in [1.82, 2.24) is 0 Å². The smallest absolute Gasteiger partial charge is 0.0644 e. The Bertz CT molecular complexity index is 512. The molecule has 0 fully saturated rings. The van der Waals surface area contributed by atoms with E-state index in [4.69, 9.17) is 0 Å². The second kappa shape index (κ2) is 5.05. The van der Waals surface area contributed by atoms with Gasteiger partial charge in [0.15, 0.2) is 0 Å². The zero-order valence-electron chi connectivity index (χ0n) is 10.5. The van der Waals surface area contributed by atoms with Gasteiger partial charge in [-0.15, -0.1) is 0 Å². The van der Waals surface area contributed by atoms with E-state index >= 15 is 0 Å². The zero-order valence-corrected chi connectivity index (χ0v) is 12.1. The van der Waals surface area contributed by atoms with Crippen LogP contribution in [0.2, 0.25) is 0 Å². The van der Waals surface area contributed by atoms with Crippen molar-refractivity contribution in [3.8, 4) is 0 Å². The highest BCUT2D eigenvalue weighted by Crippen LogP contribution is 2.31. The molecular weight excluding hydrogens is 272 g/mol. The average molecular weight is 289 g/mol. The molecule has 1 heteroatoms. The first-order valence-corrected chi connectivity index (χ1v) is 6.77. The van der Waals surface area contributed by atoms with Crippen LogP contribution in [-0.2, 0) is 0 Å². The van der Waals surface area contributed by atoms with E-state index in [0.29, 0.717) is 0 Å². The van der Waals surface area contributed by atoms with Crippen molar-refractivity contribution in [3.63, 3.8) is 0 Å². The van der Waals surface area contributed by atoms with Gasteiger partial charge in [0.05, 0.1) is 4.83 Å². The summed E-state index contributed by atoms with van der Waals surface area (Å²) in [6.45, 7) is 6.42. The molecule has 88 valence electrons. The van der Waals surface area contributed by atoms with Gasteiger partial charge >= 0.3 is 0 Å². The summed E-state index contributed by atoms with van der Waals surface area (Å²) in [5, 5.41) is 0. The van der Waals surface area contributed by atoms with Crippen LogP contribution in [-0.4, -0.2) is 0 Å². The van der Waals surface area contributed by atoms with E-state index in [1.807, 2.05) is 0 Å². The molecular formula is C16H17Br. The number of alkyl halides is 1. The van der Waals surface area contributed by atoms with Crippen LogP contribution >= 0.6 is 15.9 Å². The van der Waals surface area contributed by atoms with Gasteiger partial charge in [0, 0.05) is 0 Å². The lowest BCUT2D eigenvalue weighted by molar-refractivity contribution is 1.15. The summed E-state index contributed by atoms with van der Waals surface area (Å²) in [6, 6.07) is 15.3. The Labute approximate surface area is 112 Å². The van der Waals surface area contributed by atoms with E-state index in [1.165, 1.54) is 27.8 Å². The summed E-state index contributed by atoms with van der Waals surface area (Å²) in [5.74, 6) is 0. The lowest BCUT2D eigenvalue weighted by Crippen LogP contribution is -1.94. The quantitative estimate of drug-likeness (QED) is 0.675. The Kier molecular flexibility index (Phi) is 3.68. The van der Waals surface area contributed by atoms with E-state index in [2.05, 4.69) is 79.2 Å². The Morgan fingerprint density at radius 2 is 1.35 bits per heavy atom. The first kappa shape index (κ1) is 12.4. The molecule has 0 amide bonds. The van der Waals surface area contributed by atoms with Gasteiger partial charge in [0.2, 0.25) is 0 Å². The Balaban J connectivity index is 2.33. The predicted octanol–water partition coefficient (Wildman–Crippen LogP) is 5.10. The monoisotopic (exact) mass is 288 g/mol. The highest BCUT2D eigenvalue weighted by molar-refractivity contribution is 9.09. The molecule has 0 aromatic heterocycles. The third-order valence-electron chi connectivity index (χ3n) is 3.19. The lowest BCUT2D eigenvalue weighted by Gasteiger charge is -2.13. The summed E-state index contributed by atoms with van der Waals surface area (Å²) < 4.78 is 0. The minimum Gasteiger partial charge on any atom is -0.0786 e. The van der Waals surface area contributed by atoms with Crippen molar-refractivity contribution in [1.29, 1.82) is 0 Å². The fourth-order valence-corrected chi connectivity index (χ4v) is 2.44. The summed E-state index contributed by atoms with van der Waals surface area (Å²) in [5.41, 5.74) is 6.61. The molecule has 0 saturated carbocycles. The molecule has 2 aromatic rings. The molecule has 0 radical (unpaired) electrons. The van der Waals surface area contributed by atoms with E-state index in [-0.39, 0.29) is 4.83 Å². The van der Waals surface area contributed by atoms with Gasteiger partial charge < -0.3 is 0 Å². The molecule has 1 atom stereocenters. The first-order valence-electron chi connectivity index (χ1n) is 5.85. The van der Waals surface area contributed by atoms with Crippen LogP contribution in [0.3, 0.4) is 0 Å².